The fourth-order valence-electron chi connectivity index (χ4n) is 3.32. The third-order valence-electron chi connectivity index (χ3n) is 4.65. The molecule has 5 nitrogen and oxygen atoms in total. The van der Waals surface area contributed by atoms with E-state index < -0.39 is 0 Å². The van der Waals surface area contributed by atoms with Crippen molar-refractivity contribution in [2.75, 3.05) is 13.1 Å². The summed E-state index contributed by atoms with van der Waals surface area (Å²) in [5, 5.41) is 4.13. The highest BCUT2D eigenvalue weighted by atomic mass is 16.5. The third kappa shape index (κ3) is 3.39. The molecule has 1 aliphatic carbocycles. The van der Waals surface area contributed by atoms with E-state index in [2.05, 4.69) is 16.2 Å². The Morgan fingerprint density at radius 3 is 2.82 bits per heavy atom. The van der Waals surface area contributed by atoms with Gasteiger partial charge < -0.3 is 9.42 Å². The Bertz CT molecular complexity index is 554. The van der Waals surface area contributed by atoms with E-state index in [1.807, 2.05) is 18.7 Å². The van der Waals surface area contributed by atoms with Crippen LogP contribution in [0.1, 0.15) is 63.6 Å². The van der Waals surface area contributed by atoms with Gasteiger partial charge in [-0.25, -0.2) is 0 Å². The molecule has 0 bridgehead atoms. The Kier molecular flexibility index (Phi) is 4.60. The molecule has 2 heterocycles. The van der Waals surface area contributed by atoms with Gasteiger partial charge in [0.1, 0.15) is 0 Å². The first-order chi connectivity index (χ1) is 10.6. The van der Waals surface area contributed by atoms with Gasteiger partial charge in [-0.05, 0) is 32.1 Å². The van der Waals surface area contributed by atoms with Crippen molar-refractivity contribution in [1.82, 2.24) is 15.0 Å². The first-order valence-corrected chi connectivity index (χ1v) is 8.42. The molecule has 1 fully saturated rings. The molecule has 120 valence electrons. The number of aromatic nitrogens is 2. The molecule has 0 aromatic carbocycles. The number of amides is 1. The normalized spacial score (nSPS) is 19.8. The number of hydrogen-bond donors (Lipinski definition) is 0. The van der Waals surface area contributed by atoms with Gasteiger partial charge in [0.2, 0.25) is 11.8 Å². The maximum absolute atomic E-state index is 12.0. The maximum atomic E-state index is 12.0. The highest BCUT2D eigenvalue weighted by molar-refractivity contribution is 5.78. The van der Waals surface area contributed by atoms with Crippen LogP contribution in [0.3, 0.4) is 0 Å². The average molecular weight is 303 g/mol. The summed E-state index contributed by atoms with van der Waals surface area (Å²) in [6.45, 7) is 5.50. The molecule has 1 aromatic rings. The van der Waals surface area contributed by atoms with Gasteiger partial charge in [0.05, 0.1) is 0 Å². The predicted octanol–water partition coefficient (Wildman–Crippen LogP) is 3.08. The summed E-state index contributed by atoms with van der Waals surface area (Å²) >= 11 is 0. The lowest BCUT2D eigenvalue weighted by Gasteiger charge is -2.31. The summed E-state index contributed by atoms with van der Waals surface area (Å²) < 4.78 is 5.47. The van der Waals surface area contributed by atoms with Crippen molar-refractivity contribution in [2.24, 2.45) is 5.92 Å². The zero-order chi connectivity index (χ0) is 15.5. The number of rotatable bonds is 4. The number of piperidine rings is 1. The number of allylic oxidation sites excluding steroid dienone is 2. The molecule has 0 saturated carbocycles. The predicted molar refractivity (Wildman–Crippen MR) is 83.3 cm³/mol. The Balaban J connectivity index is 1.55. The van der Waals surface area contributed by atoms with E-state index in [1.165, 1.54) is 24.8 Å². The maximum Gasteiger partial charge on any atom is 0.229 e. The van der Waals surface area contributed by atoms with E-state index >= 15 is 0 Å². The quantitative estimate of drug-likeness (QED) is 0.802. The van der Waals surface area contributed by atoms with Gasteiger partial charge in [0, 0.05) is 31.3 Å². The number of likely N-dealkylation sites (tertiary alicyclic amines) is 1. The lowest BCUT2D eigenvalue weighted by atomic mass is 9.96. The zero-order valence-corrected chi connectivity index (χ0v) is 13.5. The van der Waals surface area contributed by atoms with E-state index in [-0.39, 0.29) is 11.8 Å². The molecule has 0 spiro atoms. The van der Waals surface area contributed by atoms with Crippen LogP contribution in [0, 0.1) is 5.92 Å². The van der Waals surface area contributed by atoms with Crippen LogP contribution in [0.2, 0.25) is 0 Å². The first-order valence-electron chi connectivity index (χ1n) is 8.42. The summed E-state index contributed by atoms with van der Waals surface area (Å²) in [5.74, 6) is 2.19. The van der Waals surface area contributed by atoms with Crippen molar-refractivity contribution in [1.29, 1.82) is 0 Å². The highest BCUT2D eigenvalue weighted by Crippen LogP contribution is 2.28. The van der Waals surface area contributed by atoms with Gasteiger partial charge in [-0.15, -0.1) is 0 Å². The standard InChI is InChI=1S/C17H25N3O2/c1-12(2)17(21)20-9-7-14(8-10-20)16-18-15(19-22-16)11-13-5-3-4-6-13/h5,12,14H,3-4,6-11H2,1-2H3. The fraction of sp³-hybridized carbons (Fsp3) is 0.706. The summed E-state index contributed by atoms with van der Waals surface area (Å²) in [6.07, 6.45) is 8.57. The minimum atomic E-state index is 0.0752. The van der Waals surface area contributed by atoms with Crippen LogP contribution in [-0.4, -0.2) is 34.0 Å². The van der Waals surface area contributed by atoms with Gasteiger partial charge in [-0.1, -0.05) is 30.7 Å². The molecule has 1 aromatic heterocycles. The Hall–Kier alpha value is -1.65. The third-order valence-corrected chi connectivity index (χ3v) is 4.65. The van der Waals surface area contributed by atoms with Crippen LogP contribution in [0.25, 0.3) is 0 Å². The summed E-state index contributed by atoms with van der Waals surface area (Å²) in [5.41, 5.74) is 1.43. The second kappa shape index (κ2) is 6.63. The monoisotopic (exact) mass is 303 g/mol. The van der Waals surface area contributed by atoms with E-state index in [4.69, 9.17) is 4.52 Å². The van der Waals surface area contributed by atoms with E-state index in [0.29, 0.717) is 5.92 Å². The van der Waals surface area contributed by atoms with Crippen molar-refractivity contribution in [3.8, 4) is 0 Å². The van der Waals surface area contributed by atoms with Gasteiger partial charge in [-0.3, -0.25) is 4.79 Å². The Morgan fingerprint density at radius 2 is 2.18 bits per heavy atom. The molecule has 1 amide bonds. The van der Waals surface area contributed by atoms with Crippen LogP contribution in [0.4, 0.5) is 0 Å². The number of carbonyl (C=O) groups is 1. The van der Waals surface area contributed by atoms with Gasteiger partial charge in [0.25, 0.3) is 0 Å². The molecule has 1 aliphatic heterocycles. The molecule has 3 rings (SSSR count). The Labute approximate surface area is 131 Å². The molecule has 5 heteroatoms. The summed E-state index contributed by atoms with van der Waals surface area (Å²) in [7, 11) is 0. The number of hydrogen-bond acceptors (Lipinski definition) is 4. The van der Waals surface area contributed by atoms with Gasteiger partial charge in [0.15, 0.2) is 5.82 Å². The molecular weight excluding hydrogens is 278 g/mol. The lowest BCUT2D eigenvalue weighted by molar-refractivity contribution is -0.135. The second-order valence-corrected chi connectivity index (χ2v) is 6.73. The molecular formula is C17H25N3O2. The second-order valence-electron chi connectivity index (χ2n) is 6.73. The topological polar surface area (TPSA) is 59.2 Å². The van der Waals surface area contributed by atoms with E-state index in [1.54, 1.807) is 0 Å². The van der Waals surface area contributed by atoms with E-state index in [9.17, 15) is 4.79 Å². The van der Waals surface area contributed by atoms with Crippen molar-refractivity contribution in [2.45, 2.75) is 58.3 Å². The number of nitrogens with zero attached hydrogens (tertiary/aromatic N) is 3. The molecule has 0 unspecified atom stereocenters. The van der Waals surface area contributed by atoms with Crippen molar-refractivity contribution < 1.29 is 9.32 Å². The van der Waals surface area contributed by atoms with Crippen molar-refractivity contribution in [3.63, 3.8) is 0 Å². The molecule has 0 N–H and O–H groups in total. The van der Waals surface area contributed by atoms with Crippen LogP contribution in [0.5, 0.6) is 0 Å². The fourth-order valence-corrected chi connectivity index (χ4v) is 3.32. The SMILES string of the molecule is CC(C)C(=O)N1CCC(c2nc(CC3=CCCC3)no2)CC1. The molecule has 22 heavy (non-hydrogen) atoms. The van der Waals surface area contributed by atoms with Crippen LogP contribution >= 0.6 is 0 Å². The van der Waals surface area contributed by atoms with Crippen LogP contribution < -0.4 is 0 Å². The minimum absolute atomic E-state index is 0.0752. The summed E-state index contributed by atoms with van der Waals surface area (Å²) in [4.78, 5) is 18.5. The van der Waals surface area contributed by atoms with Crippen molar-refractivity contribution in [3.05, 3.63) is 23.4 Å². The molecule has 0 radical (unpaired) electrons. The largest absolute Gasteiger partial charge is 0.342 e. The highest BCUT2D eigenvalue weighted by Gasteiger charge is 2.28. The molecule has 2 aliphatic rings. The van der Waals surface area contributed by atoms with E-state index in [0.717, 1.165) is 44.1 Å². The van der Waals surface area contributed by atoms with Crippen LogP contribution in [-0.2, 0) is 11.2 Å². The van der Waals surface area contributed by atoms with Crippen LogP contribution in [0.15, 0.2) is 16.2 Å². The lowest BCUT2D eigenvalue weighted by Crippen LogP contribution is -2.40. The smallest absolute Gasteiger partial charge is 0.229 e. The zero-order valence-electron chi connectivity index (χ0n) is 13.5. The minimum Gasteiger partial charge on any atom is -0.342 e. The number of carbonyl (C=O) groups excluding carboxylic acids is 1. The molecule has 0 atom stereocenters. The summed E-state index contributed by atoms with van der Waals surface area (Å²) in [6, 6.07) is 0. The van der Waals surface area contributed by atoms with Crippen molar-refractivity contribution >= 4 is 5.91 Å². The van der Waals surface area contributed by atoms with Gasteiger partial charge >= 0.3 is 0 Å². The Morgan fingerprint density at radius 1 is 1.41 bits per heavy atom. The average Bonchev–Trinajstić information content (AvgIpc) is 3.19. The molecule has 1 saturated heterocycles. The first kappa shape index (κ1) is 15.3. The van der Waals surface area contributed by atoms with Gasteiger partial charge in [-0.2, -0.15) is 4.98 Å².